The molecule has 21 heavy (non-hydrogen) atoms. The summed E-state index contributed by atoms with van der Waals surface area (Å²) in [5.41, 5.74) is 1.86. The molecule has 0 unspecified atom stereocenters. The van der Waals surface area contributed by atoms with Crippen LogP contribution in [0, 0.1) is 0 Å². The Morgan fingerprint density at radius 2 is 2.10 bits per heavy atom. The number of benzene rings is 1. The minimum Gasteiger partial charge on any atom is -0.493 e. The fourth-order valence-electron chi connectivity index (χ4n) is 2.31. The van der Waals surface area contributed by atoms with Gasteiger partial charge in [-0.15, -0.1) is 0 Å². The van der Waals surface area contributed by atoms with Crippen LogP contribution in [0.5, 0.6) is 11.5 Å². The lowest BCUT2D eigenvalue weighted by atomic mass is 10.1. The number of pyridine rings is 1. The zero-order valence-electron chi connectivity index (χ0n) is 11.6. The van der Waals surface area contributed by atoms with E-state index in [1.54, 1.807) is 30.6 Å². The van der Waals surface area contributed by atoms with Gasteiger partial charge in [0.15, 0.2) is 11.5 Å². The predicted octanol–water partition coefficient (Wildman–Crippen LogP) is 2.38. The maximum atomic E-state index is 12.1. The summed E-state index contributed by atoms with van der Waals surface area (Å²) in [6, 6.07) is 7.18. The Labute approximate surface area is 121 Å². The number of fused-ring (bicyclic) bond motifs is 1. The average Bonchev–Trinajstić information content (AvgIpc) is 2.83. The van der Waals surface area contributed by atoms with Gasteiger partial charge in [-0.2, -0.15) is 0 Å². The molecule has 0 spiro atoms. The maximum absolute atomic E-state index is 12.1. The number of aromatic nitrogens is 1. The van der Waals surface area contributed by atoms with Crippen LogP contribution in [0.15, 0.2) is 36.7 Å². The van der Waals surface area contributed by atoms with Crippen LogP contribution >= 0.6 is 0 Å². The van der Waals surface area contributed by atoms with E-state index >= 15 is 0 Å². The minimum atomic E-state index is -0.573. The lowest BCUT2D eigenvalue weighted by Crippen LogP contribution is -2.10. The van der Waals surface area contributed by atoms with Gasteiger partial charge in [0.25, 0.3) is 0 Å². The van der Waals surface area contributed by atoms with Crippen molar-refractivity contribution in [2.24, 2.45) is 0 Å². The van der Waals surface area contributed by atoms with Gasteiger partial charge in [-0.25, -0.2) is 4.79 Å². The molecule has 1 aromatic heterocycles. The monoisotopic (exact) mass is 286 g/mol. The van der Waals surface area contributed by atoms with Crippen LogP contribution in [-0.2, 0) is 4.74 Å². The van der Waals surface area contributed by atoms with Crippen molar-refractivity contribution < 1.29 is 19.0 Å². The average molecular weight is 286 g/mol. The van der Waals surface area contributed by atoms with Gasteiger partial charge in [0.2, 0.25) is 6.23 Å². The Hall–Kier alpha value is -2.76. The second-order valence-corrected chi connectivity index (χ2v) is 4.44. The van der Waals surface area contributed by atoms with Crippen LogP contribution in [0.1, 0.15) is 22.1 Å². The van der Waals surface area contributed by atoms with E-state index in [4.69, 9.17) is 14.2 Å². The molecule has 2 heterocycles. The molecule has 108 valence electrons. The molecule has 6 heteroatoms. The van der Waals surface area contributed by atoms with Gasteiger partial charge in [-0.05, 0) is 24.3 Å². The number of hydrogen-bond donors (Lipinski definition) is 1. The first-order chi connectivity index (χ1) is 10.2. The number of nitrogens with zero attached hydrogens (tertiary/aromatic N) is 1. The van der Waals surface area contributed by atoms with E-state index < -0.39 is 12.2 Å². The minimum absolute atomic E-state index is 0.385. The van der Waals surface area contributed by atoms with Crippen molar-refractivity contribution >= 4 is 11.7 Å². The number of carbonyl (C=O) groups is 1. The molecule has 1 aliphatic rings. The van der Waals surface area contributed by atoms with E-state index in [1.165, 1.54) is 14.2 Å². The molecule has 0 bridgehead atoms. The standard InChI is InChI=1S/C15H14N2O4/c1-19-11-6-5-10-12(13(11)20-2)15(18)21-14(10)17-9-4-3-7-16-8-9/h3-8,14,17H,1-2H3/t14-/m0/s1. The lowest BCUT2D eigenvalue weighted by molar-refractivity contribution is 0.0435. The van der Waals surface area contributed by atoms with E-state index in [9.17, 15) is 4.79 Å². The fraction of sp³-hybridized carbons (Fsp3) is 0.200. The topological polar surface area (TPSA) is 69.7 Å². The molecule has 1 atom stereocenters. The second kappa shape index (κ2) is 5.32. The van der Waals surface area contributed by atoms with E-state index in [-0.39, 0.29) is 0 Å². The maximum Gasteiger partial charge on any atom is 0.344 e. The molecule has 0 aliphatic carbocycles. The zero-order valence-corrected chi connectivity index (χ0v) is 11.6. The van der Waals surface area contributed by atoms with Gasteiger partial charge in [0, 0.05) is 11.8 Å². The molecule has 2 aromatic rings. The number of esters is 1. The molecule has 1 aromatic carbocycles. The summed E-state index contributed by atoms with van der Waals surface area (Å²) in [5, 5.41) is 3.11. The Balaban J connectivity index is 1.99. The van der Waals surface area contributed by atoms with Gasteiger partial charge in [-0.3, -0.25) is 4.98 Å². The molecule has 0 saturated carbocycles. The predicted molar refractivity (Wildman–Crippen MR) is 75.6 cm³/mol. The van der Waals surface area contributed by atoms with Crippen LogP contribution in [0.3, 0.4) is 0 Å². The quantitative estimate of drug-likeness (QED) is 0.870. The van der Waals surface area contributed by atoms with Gasteiger partial charge in [0.05, 0.1) is 26.1 Å². The number of ether oxygens (including phenoxy) is 3. The van der Waals surface area contributed by atoms with Crippen molar-refractivity contribution in [1.29, 1.82) is 0 Å². The Kier molecular flexibility index (Phi) is 3.35. The van der Waals surface area contributed by atoms with E-state index in [0.717, 1.165) is 5.69 Å². The summed E-state index contributed by atoms with van der Waals surface area (Å²) in [5.74, 6) is 0.438. The second-order valence-electron chi connectivity index (χ2n) is 4.44. The van der Waals surface area contributed by atoms with Crippen LogP contribution in [0.2, 0.25) is 0 Å². The van der Waals surface area contributed by atoms with Crippen LogP contribution in [-0.4, -0.2) is 25.2 Å². The summed E-state index contributed by atoms with van der Waals surface area (Å²) < 4.78 is 15.8. The van der Waals surface area contributed by atoms with Crippen LogP contribution in [0.4, 0.5) is 5.69 Å². The van der Waals surface area contributed by atoms with Gasteiger partial charge in [-0.1, -0.05) is 0 Å². The van der Waals surface area contributed by atoms with Crippen molar-refractivity contribution in [3.05, 3.63) is 47.8 Å². The Morgan fingerprint density at radius 1 is 1.24 bits per heavy atom. The number of hydrogen-bond acceptors (Lipinski definition) is 6. The summed E-state index contributed by atoms with van der Waals surface area (Å²) in [6.07, 6.45) is 2.76. The number of carbonyl (C=O) groups excluding carboxylic acids is 1. The van der Waals surface area contributed by atoms with Crippen LogP contribution in [0.25, 0.3) is 0 Å². The van der Waals surface area contributed by atoms with Crippen molar-refractivity contribution in [2.45, 2.75) is 6.23 Å². The van der Waals surface area contributed by atoms with Gasteiger partial charge >= 0.3 is 5.97 Å². The van der Waals surface area contributed by atoms with Crippen molar-refractivity contribution in [1.82, 2.24) is 4.98 Å². The Morgan fingerprint density at radius 3 is 2.76 bits per heavy atom. The molecule has 0 fully saturated rings. The molecule has 1 N–H and O–H groups in total. The molecule has 1 aliphatic heterocycles. The molecule has 0 saturated heterocycles. The molecule has 3 rings (SSSR count). The number of nitrogens with one attached hydrogen (secondary N) is 1. The Bertz CT molecular complexity index is 673. The third-order valence-corrected chi connectivity index (χ3v) is 3.25. The SMILES string of the molecule is COc1ccc2c(c1OC)C(=O)O[C@@H]2Nc1cccnc1. The first-order valence-electron chi connectivity index (χ1n) is 6.37. The summed E-state index contributed by atoms with van der Waals surface area (Å²) in [4.78, 5) is 16.1. The van der Waals surface area contributed by atoms with E-state index in [0.29, 0.717) is 22.6 Å². The third kappa shape index (κ3) is 2.24. The number of methoxy groups -OCH3 is 2. The van der Waals surface area contributed by atoms with Crippen molar-refractivity contribution in [3.63, 3.8) is 0 Å². The molecule has 0 radical (unpaired) electrons. The summed E-state index contributed by atoms with van der Waals surface area (Å²) in [7, 11) is 3.02. The molecular weight excluding hydrogens is 272 g/mol. The lowest BCUT2D eigenvalue weighted by Gasteiger charge is -2.14. The first-order valence-corrected chi connectivity index (χ1v) is 6.37. The largest absolute Gasteiger partial charge is 0.493 e. The highest BCUT2D eigenvalue weighted by molar-refractivity contribution is 5.98. The number of anilines is 1. The highest BCUT2D eigenvalue weighted by atomic mass is 16.6. The number of rotatable bonds is 4. The summed E-state index contributed by atoms with van der Waals surface area (Å²) in [6.45, 7) is 0. The normalized spacial score (nSPS) is 16.1. The molecule has 6 nitrogen and oxygen atoms in total. The van der Waals surface area contributed by atoms with Gasteiger partial charge in [0.1, 0.15) is 5.56 Å². The summed E-state index contributed by atoms with van der Waals surface area (Å²) >= 11 is 0. The van der Waals surface area contributed by atoms with Crippen LogP contribution < -0.4 is 14.8 Å². The number of cyclic esters (lactones) is 1. The van der Waals surface area contributed by atoms with E-state index in [2.05, 4.69) is 10.3 Å². The van der Waals surface area contributed by atoms with Crippen molar-refractivity contribution in [2.75, 3.05) is 19.5 Å². The fourth-order valence-corrected chi connectivity index (χ4v) is 2.31. The van der Waals surface area contributed by atoms with Crippen molar-refractivity contribution in [3.8, 4) is 11.5 Å². The first kappa shape index (κ1) is 13.2. The smallest absolute Gasteiger partial charge is 0.344 e. The highest BCUT2D eigenvalue weighted by Crippen LogP contribution is 2.41. The van der Waals surface area contributed by atoms with Gasteiger partial charge < -0.3 is 19.5 Å². The van der Waals surface area contributed by atoms with E-state index in [1.807, 2.05) is 6.07 Å². The zero-order chi connectivity index (χ0) is 14.8. The third-order valence-electron chi connectivity index (χ3n) is 3.25. The highest BCUT2D eigenvalue weighted by Gasteiger charge is 2.35. The molecule has 0 amide bonds. The molecular formula is C15H14N2O4.